The molecule has 3 aliphatic rings. The second kappa shape index (κ2) is 9.07. The Morgan fingerprint density at radius 3 is 2.74 bits per heavy atom. The molecule has 0 aromatic carbocycles. The number of amides is 1. The van der Waals surface area contributed by atoms with Crippen LogP contribution in [0.3, 0.4) is 0 Å². The van der Waals surface area contributed by atoms with Crippen molar-refractivity contribution in [2.24, 2.45) is 5.92 Å². The number of hydrogen-bond acceptors (Lipinski definition) is 6. The lowest BCUT2D eigenvalue weighted by molar-refractivity contribution is -0.163. The van der Waals surface area contributed by atoms with Crippen LogP contribution in [0.4, 0.5) is 4.79 Å². The summed E-state index contributed by atoms with van der Waals surface area (Å²) < 4.78 is 17.0. The van der Waals surface area contributed by atoms with Gasteiger partial charge < -0.3 is 29.1 Å². The van der Waals surface area contributed by atoms with E-state index in [1.54, 1.807) is 4.90 Å². The maximum Gasteiger partial charge on any atom is 0.410 e. The van der Waals surface area contributed by atoms with Crippen molar-refractivity contribution in [3.05, 3.63) is 0 Å². The third-order valence-corrected chi connectivity index (χ3v) is 5.65. The number of ether oxygens (including phenoxy) is 3. The number of carbonyl (C=O) groups excluding carboxylic acids is 1. The number of likely N-dealkylation sites (tertiary alicyclic amines) is 2. The van der Waals surface area contributed by atoms with Gasteiger partial charge in [-0.2, -0.15) is 0 Å². The summed E-state index contributed by atoms with van der Waals surface area (Å²) in [5.74, 6) is 0.376. The van der Waals surface area contributed by atoms with Crippen LogP contribution in [0.15, 0.2) is 0 Å². The first-order chi connectivity index (χ1) is 12.8. The first-order valence-corrected chi connectivity index (χ1v) is 10.4. The minimum atomic E-state index is -0.518. The summed E-state index contributed by atoms with van der Waals surface area (Å²) in [4.78, 5) is 16.7. The Hall–Kier alpha value is -0.890. The molecule has 0 spiro atoms. The molecule has 0 saturated carbocycles. The molecule has 1 amide bonds. The van der Waals surface area contributed by atoms with Crippen LogP contribution in [0.1, 0.15) is 52.9 Å². The summed E-state index contributed by atoms with van der Waals surface area (Å²) in [6, 6.07) is 0.0578. The van der Waals surface area contributed by atoms with E-state index in [1.165, 1.54) is 6.42 Å². The van der Waals surface area contributed by atoms with Crippen molar-refractivity contribution in [2.45, 2.75) is 76.9 Å². The lowest BCUT2D eigenvalue weighted by Gasteiger charge is -2.31. The topological polar surface area (TPSA) is 71.5 Å². The number of β-amino-alcohol motifs (C(OH)–C–C–N with tert-alkyl or cyclic N) is 1. The molecule has 27 heavy (non-hydrogen) atoms. The van der Waals surface area contributed by atoms with Gasteiger partial charge in [0.2, 0.25) is 0 Å². The fourth-order valence-corrected chi connectivity index (χ4v) is 4.36. The molecule has 156 valence electrons. The maximum atomic E-state index is 12.5. The van der Waals surface area contributed by atoms with Crippen molar-refractivity contribution in [3.63, 3.8) is 0 Å². The Bertz CT molecular complexity index is 489. The van der Waals surface area contributed by atoms with Gasteiger partial charge in [-0.25, -0.2) is 4.79 Å². The molecule has 3 aliphatic heterocycles. The van der Waals surface area contributed by atoms with E-state index in [1.807, 2.05) is 20.8 Å². The van der Waals surface area contributed by atoms with E-state index in [0.29, 0.717) is 25.5 Å². The SMILES string of the molecule is CC(C)(C)OC(=O)N1C[C@H](O)C[C@H]1C1CCN(CCOC2CCCCO2)C1. The molecule has 3 rings (SSSR count). The van der Waals surface area contributed by atoms with Gasteiger partial charge in [-0.15, -0.1) is 0 Å². The van der Waals surface area contributed by atoms with Gasteiger partial charge in [0, 0.05) is 25.7 Å². The van der Waals surface area contributed by atoms with Gasteiger partial charge in [0.15, 0.2) is 6.29 Å². The van der Waals surface area contributed by atoms with Crippen LogP contribution in [0.5, 0.6) is 0 Å². The Morgan fingerprint density at radius 1 is 1.22 bits per heavy atom. The van der Waals surface area contributed by atoms with Crippen LogP contribution < -0.4 is 0 Å². The van der Waals surface area contributed by atoms with E-state index >= 15 is 0 Å². The molecular weight excluding hydrogens is 348 g/mol. The van der Waals surface area contributed by atoms with Gasteiger partial charge in [-0.3, -0.25) is 0 Å². The molecule has 3 heterocycles. The van der Waals surface area contributed by atoms with Crippen LogP contribution in [-0.4, -0.2) is 84.4 Å². The summed E-state index contributed by atoms with van der Waals surface area (Å²) in [6.07, 6.45) is 4.19. The zero-order valence-corrected chi connectivity index (χ0v) is 17.1. The fraction of sp³-hybridized carbons (Fsp3) is 0.950. The average Bonchev–Trinajstić information content (AvgIpc) is 3.21. The molecule has 0 radical (unpaired) electrons. The van der Waals surface area contributed by atoms with Crippen molar-refractivity contribution < 1.29 is 24.1 Å². The van der Waals surface area contributed by atoms with E-state index in [0.717, 1.165) is 45.5 Å². The summed E-state index contributed by atoms with van der Waals surface area (Å²) in [5, 5.41) is 10.1. The van der Waals surface area contributed by atoms with Gasteiger partial charge in [0.1, 0.15) is 5.60 Å². The molecule has 3 saturated heterocycles. The molecule has 0 aromatic rings. The predicted molar refractivity (Wildman–Crippen MR) is 101 cm³/mol. The third kappa shape index (κ3) is 6.04. The van der Waals surface area contributed by atoms with Crippen molar-refractivity contribution >= 4 is 6.09 Å². The number of nitrogens with zero attached hydrogens (tertiary/aromatic N) is 2. The lowest BCUT2D eigenvalue weighted by Crippen LogP contribution is -2.44. The molecule has 4 atom stereocenters. The smallest absolute Gasteiger partial charge is 0.410 e. The quantitative estimate of drug-likeness (QED) is 0.784. The molecule has 2 unspecified atom stereocenters. The molecule has 3 fully saturated rings. The molecule has 7 nitrogen and oxygen atoms in total. The first kappa shape index (κ1) is 20.8. The summed E-state index contributed by atoms with van der Waals surface area (Å²) in [7, 11) is 0. The van der Waals surface area contributed by atoms with Crippen LogP contribution in [0, 0.1) is 5.92 Å². The Kier molecular flexibility index (Phi) is 7.00. The number of aliphatic hydroxyl groups excluding tert-OH is 1. The predicted octanol–water partition coefficient (Wildman–Crippen LogP) is 2.22. The summed E-state index contributed by atoms with van der Waals surface area (Å²) in [6.45, 7) is 10.3. The second-order valence-corrected chi connectivity index (χ2v) is 9.11. The van der Waals surface area contributed by atoms with E-state index in [2.05, 4.69) is 4.90 Å². The Morgan fingerprint density at radius 2 is 2.04 bits per heavy atom. The highest BCUT2D eigenvalue weighted by atomic mass is 16.7. The third-order valence-electron chi connectivity index (χ3n) is 5.65. The largest absolute Gasteiger partial charge is 0.444 e. The van der Waals surface area contributed by atoms with Gasteiger partial charge >= 0.3 is 6.09 Å². The minimum Gasteiger partial charge on any atom is -0.444 e. The molecule has 0 aliphatic carbocycles. The van der Waals surface area contributed by atoms with Crippen LogP contribution in [0.25, 0.3) is 0 Å². The highest BCUT2D eigenvalue weighted by molar-refractivity contribution is 5.69. The summed E-state index contributed by atoms with van der Waals surface area (Å²) >= 11 is 0. The Labute approximate surface area is 162 Å². The number of carbonyl (C=O) groups is 1. The van der Waals surface area contributed by atoms with Gasteiger partial charge in [0.25, 0.3) is 0 Å². The monoisotopic (exact) mass is 384 g/mol. The molecule has 0 aromatic heterocycles. The van der Waals surface area contributed by atoms with Crippen molar-refractivity contribution in [1.82, 2.24) is 9.80 Å². The van der Waals surface area contributed by atoms with Gasteiger partial charge in [-0.1, -0.05) is 0 Å². The fourth-order valence-electron chi connectivity index (χ4n) is 4.36. The number of hydrogen-bond donors (Lipinski definition) is 1. The van der Waals surface area contributed by atoms with Crippen molar-refractivity contribution in [3.8, 4) is 0 Å². The zero-order chi connectivity index (χ0) is 19.4. The second-order valence-electron chi connectivity index (χ2n) is 9.11. The highest BCUT2D eigenvalue weighted by Gasteiger charge is 2.42. The average molecular weight is 385 g/mol. The maximum absolute atomic E-state index is 12.5. The standard InChI is InChI=1S/C20H36N2O5/c1-20(2,3)27-19(24)22-14-16(23)12-17(22)15-7-8-21(13-15)9-11-26-18-6-4-5-10-25-18/h15-18,23H,4-14H2,1-3H3/t15?,16-,17+,18?/m1/s1. The van der Waals surface area contributed by atoms with Gasteiger partial charge in [-0.05, 0) is 65.3 Å². The van der Waals surface area contributed by atoms with Crippen LogP contribution >= 0.6 is 0 Å². The van der Waals surface area contributed by atoms with Crippen molar-refractivity contribution in [1.29, 1.82) is 0 Å². The lowest BCUT2D eigenvalue weighted by atomic mass is 9.96. The molecule has 0 bridgehead atoms. The normalized spacial score (nSPS) is 32.8. The van der Waals surface area contributed by atoms with E-state index in [4.69, 9.17) is 14.2 Å². The zero-order valence-electron chi connectivity index (χ0n) is 17.1. The molecule has 7 heteroatoms. The van der Waals surface area contributed by atoms with Crippen LogP contribution in [0.2, 0.25) is 0 Å². The first-order valence-electron chi connectivity index (χ1n) is 10.4. The Balaban J connectivity index is 1.45. The van der Waals surface area contributed by atoms with E-state index in [-0.39, 0.29) is 18.4 Å². The van der Waals surface area contributed by atoms with Gasteiger partial charge in [0.05, 0.1) is 19.3 Å². The molecule has 1 N–H and O–H groups in total. The minimum absolute atomic E-state index is 0.0372. The highest BCUT2D eigenvalue weighted by Crippen LogP contribution is 2.32. The number of rotatable bonds is 5. The van der Waals surface area contributed by atoms with E-state index < -0.39 is 11.7 Å². The molecular formula is C20H36N2O5. The summed E-state index contributed by atoms with van der Waals surface area (Å²) in [5.41, 5.74) is -0.518. The number of aliphatic hydroxyl groups is 1. The van der Waals surface area contributed by atoms with Crippen molar-refractivity contribution in [2.75, 3.05) is 39.4 Å². The van der Waals surface area contributed by atoms with E-state index in [9.17, 15) is 9.90 Å². The van der Waals surface area contributed by atoms with Crippen LogP contribution in [-0.2, 0) is 14.2 Å².